The number of nitrogens with zero attached hydrogens (tertiary/aromatic N) is 1. The van der Waals surface area contributed by atoms with Gasteiger partial charge in [-0.05, 0) is 56.5 Å². The predicted molar refractivity (Wildman–Crippen MR) is 119 cm³/mol. The Balaban J connectivity index is 1.64. The fourth-order valence-corrected chi connectivity index (χ4v) is 3.30. The molecular formula is C24H29NO3S. The topological polar surface area (TPSA) is 44.5 Å². The van der Waals surface area contributed by atoms with E-state index in [1.807, 2.05) is 56.3 Å². The van der Waals surface area contributed by atoms with Crippen LogP contribution in [-0.2, 0) is 11.3 Å². The number of benzene rings is 2. The second kappa shape index (κ2) is 10.5. The van der Waals surface area contributed by atoms with E-state index in [1.165, 1.54) is 0 Å². The molecule has 2 atom stereocenters. The van der Waals surface area contributed by atoms with E-state index >= 15 is 0 Å². The molecular weight excluding hydrogens is 382 g/mol. The summed E-state index contributed by atoms with van der Waals surface area (Å²) < 4.78 is 17.7. The minimum absolute atomic E-state index is 0.0581. The summed E-state index contributed by atoms with van der Waals surface area (Å²) >= 11 is 4.62. The molecule has 3 rings (SSSR count). The van der Waals surface area contributed by atoms with Crippen molar-refractivity contribution >= 4 is 12.6 Å². The van der Waals surface area contributed by atoms with Gasteiger partial charge in [0.2, 0.25) is 5.89 Å². The lowest BCUT2D eigenvalue weighted by Crippen LogP contribution is -2.10. The Kier molecular flexibility index (Phi) is 7.78. The van der Waals surface area contributed by atoms with Gasteiger partial charge in [0, 0.05) is 17.4 Å². The van der Waals surface area contributed by atoms with Crippen LogP contribution in [0.2, 0.25) is 0 Å². The summed E-state index contributed by atoms with van der Waals surface area (Å²) in [5.74, 6) is 2.19. The van der Waals surface area contributed by atoms with Gasteiger partial charge in [-0.2, -0.15) is 12.6 Å². The lowest BCUT2D eigenvalue weighted by atomic mass is 10.0. The van der Waals surface area contributed by atoms with Gasteiger partial charge in [-0.3, -0.25) is 0 Å². The van der Waals surface area contributed by atoms with Crippen molar-refractivity contribution in [2.45, 2.75) is 51.6 Å². The monoisotopic (exact) mass is 411 g/mol. The average Bonchev–Trinajstić information content (AvgIpc) is 3.13. The summed E-state index contributed by atoms with van der Waals surface area (Å²) in [6.45, 7) is 7.13. The maximum atomic E-state index is 5.94. The summed E-state index contributed by atoms with van der Waals surface area (Å²) in [4.78, 5) is 4.59. The molecule has 0 spiro atoms. The van der Waals surface area contributed by atoms with Crippen LogP contribution in [0.15, 0.2) is 59.0 Å². The van der Waals surface area contributed by atoms with E-state index in [1.54, 1.807) is 0 Å². The molecule has 2 unspecified atom stereocenters. The number of ether oxygens (including phenoxy) is 2. The first kappa shape index (κ1) is 21.5. The molecule has 4 nitrogen and oxygen atoms in total. The normalized spacial score (nSPS) is 13.2. The minimum atomic E-state index is 0.0581. The van der Waals surface area contributed by atoms with Crippen LogP contribution in [-0.4, -0.2) is 16.8 Å². The molecule has 0 fully saturated rings. The molecule has 0 aliphatic rings. The summed E-state index contributed by atoms with van der Waals surface area (Å²) in [5, 5.41) is 0.330. The van der Waals surface area contributed by atoms with Crippen molar-refractivity contribution in [2.75, 3.05) is 6.61 Å². The minimum Gasteiger partial charge on any atom is -0.487 e. The van der Waals surface area contributed by atoms with Crippen molar-refractivity contribution in [2.24, 2.45) is 0 Å². The number of hydrogen-bond donors (Lipinski definition) is 1. The largest absolute Gasteiger partial charge is 0.487 e. The zero-order valence-electron chi connectivity index (χ0n) is 17.3. The second-order valence-electron chi connectivity index (χ2n) is 6.99. The molecule has 0 radical (unpaired) electrons. The first-order chi connectivity index (χ1) is 14.1. The van der Waals surface area contributed by atoms with E-state index < -0.39 is 0 Å². The molecule has 0 saturated carbocycles. The Labute approximate surface area is 178 Å². The van der Waals surface area contributed by atoms with Crippen molar-refractivity contribution < 1.29 is 13.9 Å². The van der Waals surface area contributed by atoms with Crippen LogP contribution >= 0.6 is 12.6 Å². The van der Waals surface area contributed by atoms with E-state index in [0.717, 1.165) is 41.2 Å². The van der Waals surface area contributed by atoms with Crippen molar-refractivity contribution in [1.29, 1.82) is 0 Å². The second-order valence-corrected chi connectivity index (χ2v) is 7.72. The van der Waals surface area contributed by atoms with Crippen LogP contribution in [0.5, 0.6) is 5.75 Å². The maximum absolute atomic E-state index is 5.94. The van der Waals surface area contributed by atoms with Gasteiger partial charge in [0.1, 0.15) is 23.8 Å². The lowest BCUT2D eigenvalue weighted by Gasteiger charge is -2.20. The summed E-state index contributed by atoms with van der Waals surface area (Å²) in [7, 11) is 0. The number of rotatable bonds is 10. The van der Waals surface area contributed by atoms with E-state index in [0.29, 0.717) is 24.4 Å². The molecule has 2 aromatic carbocycles. The predicted octanol–water partition coefficient (Wildman–Crippen LogP) is 6.41. The zero-order chi connectivity index (χ0) is 20.6. The summed E-state index contributed by atoms with van der Waals surface area (Å²) in [6, 6.07) is 18.0. The molecule has 0 aliphatic heterocycles. The fraction of sp³-hybridized carbons (Fsp3) is 0.375. The van der Waals surface area contributed by atoms with E-state index in [-0.39, 0.29) is 6.10 Å². The zero-order valence-corrected chi connectivity index (χ0v) is 18.2. The summed E-state index contributed by atoms with van der Waals surface area (Å²) in [6.07, 6.45) is 1.98. The molecule has 0 aliphatic carbocycles. The van der Waals surface area contributed by atoms with Crippen LogP contribution in [0.4, 0.5) is 0 Å². The molecule has 5 heteroatoms. The third kappa shape index (κ3) is 5.87. The lowest BCUT2D eigenvalue weighted by molar-refractivity contribution is 0.0558. The fourth-order valence-electron chi connectivity index (χ4n) is 3.11. The molecule has 0 N–H and O–H groups in total. The number of thiol groups is 1. The molecule has 0 saturated heterocycles. The smallest absolute Gasteiger partial charge is 0.226 e. The Bertz CT molecular complexity index is 877. The van der Waals surface area contributed by atoms with Gasteiger partial charge in [0.15, 0.2) is 0 Å². The number of aryl methyl sites for hydroxylation is 1. The van der Waals surface area contributed by atoms with Crippen molar-refractivity contribution in [3.63, 3.8) is 0 Å². The van der Waals surface area contributed by atoms with Crippen molar-refractivity contribution in [1.82, 2.24) is 4.98 Å². The third-order valence-corrected chi connectivity index (χ3v) is 5.44. The molecule has 1 heterocycles. The van der Waals surface area contributed by atoms with Gasteiger partial charge in [0.25, 0.3) is 0 Å². The number of oxazole rings is 1. The SMILES string of the molecule is CCOC(CC(S)CC)c1ccc(OCc2nc(-c3ccccc3)oc2C)cc1. The first-order valence-corrected chi connectivity index (χ1v) is 10.7. The third-order valence-electron chi connectivity index (χ3n) is 4.87. The van der Waals surface area contributed by atoms with Gasteiger partial charge in [-0.15, -0.1) is 0 Å². The van der Waals surface area contributed by atoms with E-state index in [4.69, 9.17) is 13.9 Å². The van der Waals surface area contributed by atoms with Gasteiger partial charge in [-0.25, -0.2) is 4.98 Å². The van der Waals surface area contributed by atoms with Gasteiger partial charge in [-0.1, -0.05) is 37.3 Å². The van der Waals surface area contributed by atoms with Gasteiger partial charge in [0.05, 0.1) is 6.10 Å². The molecule has 0 amide bonds. The number of aromatic nitrogens is 1. The maximum Gasteiger partial charge on any atom is 0.226 e. The molecule has 3 aromatic rings. The molecule has 29 heavy (non-hydrogen) atoms. The van der Waals surface area contributed by atoms with Crippen LogP contribution in [0.3, 0.4) is 0 Å². The van der Waals surface area contributed by atoms with Crippen LogP contribution in [0, 0.1) is 6.92 Å². The Hall–Kier alpha value is -2.24. The number of hydrogen-bond acceptors (Lipinski definition) is 5. The molecule has 154 valence electrons. The first-order valence-electron chi connectivity index (χ1n) is 10.1. The summed E-state index contributed by atoms with van der Waals surface area (Å²) in [5.41, 5.74) is 2.92. The van der Waals surface area contributed by atoms with E-state index in [2.05, 4.69) is 36.7 Å². The average molecular weight is 412 g/mol. The molecule has 1 aromatic heterocycles. The Morgan fingerprint density at radius 2 is 1.76 bits per heavy atom. The molecule has 0 bridgehead atoms. The van der Waals surface area contributed by atoms with Crippen LogP contribution in [0.1, 0.15) is 49.8 Å². The Morgan fingerprint density at radius 1 is 1.03 bits per heavy atom. The van der Waals surface area contributed by atoms with Crippen molar-refractivity contribution in [3.8, 4) is 17.2 Å². The highest BCUT2D eigenvalue weighted by Crippen LogP contribution is 2.28. The highest BCUT2D eigenvalue weighted by molar-refractivity contribution is 7.80. The highest BCUT2D eigenvalue weighted by Gasteiger charge is 2.16. The van der Waals surface area contributed by atoms with E-state index in [9.17, 15) is 0 Å². The van der Waals surface area contributed by atoms with Crippen molar-refractivity contribution in [3.05, 3.63) is 71.6 Å². The highest BCUT2D eigenvalue weighted by atomic mass is 32.1. The van der Waals surface area contributed by atoms with Crippen LogP contribution in [0.25, 0.3) is 11.5 Å². The van der Waals surface area contributed by atoms with Crippen LogP contribution < -0.4 is 4.74 Å². The van der Waals surface area contributed by atoms with Gasteiger partial charge < -0.3 is 13.9 Å². The quantitative estimate of drug-likeness (QED) is 0.392. The van der Waals surface area contributed by atoms with Gasteiger partial charge >= 0.3 is 0 Å². The standard InChI is InChI=1S/C24H29NO3S/c1-4-21(29)15-23(26-5-2)18-11-13-20(14-12-18)27-16-22-17(3)28-24(25-22)19-9-7-6-8-10-19/h6-14,21,23,29H,4-5,15-16H2,1-3H3. The Morgan fingerprint density at radius 3 is 2.41 bits per heavy atom.